The monoisotopic (exact) mass is 331 g/mol. The van der Waals surface area contributed by atoms with E-state index in [1.807, 2.05) is 14.0 Å². The summed E-state index contributed by atoms with van der Waals surface area (Å²) < 4.78 is 12.8. The van der Waals surface area contributed by atoms with E-state index in [1.165, 1.54) is 12.1 Å². The van der Waals surface area contributed by atoms with Crippen molar-refractivity contribution in [3.63, 3.8) is 0 Å². The van der Waals surface area contributed by atoms with Gasteiger partial charge < -0.3 is 16.0 Å². The number of hydrogen-bond donors (Lipinski definition) is 2. The number of likely N-dealkylation sites (N-methyl/N-ethyl adjacent to an activating group) is 1. The highest BCUT2D eigenvalue weighted by Crippen LogP contribution is 2.08. The smallest absolute Gasteiger partial charge is 0.239 e. The summed E-state index contributed by atoms with van der Waals surface area (Å²) >= 11 is 0. The highest BCUT2D eigenvalue weighted by molar-refractivity contribution is 5.85. The van der Waals surface area contributed by atoms with Crippen LogP contribution in [0.5, 0.6) is 0 Å². The van der Waals surface area contributed by atoms with Gasteiger partial charge in [-0.3, -0.25) is 4.79 Å². The van der Waals surface area contributed by atoms with E-state index in [9.17, 15) is 9.18 Å². The molecule has 0 saturated heterocycles. The maximum atomic E-state index is 12.8. The minimum atomic E-state index is -0.801. The lowest BCUT2D eigenvalue weighted by Gasteiger charge is -2.24. The molecule has 6 heteroatoms. The predicted molar refractivity (Wildman–Crippen MR) is 90.5 cm³/mol. The fraction of sp³-hybridized carbons (Fsp3) is 0.562. The van der Waals surface area contributed by atoms with Crippen LogP contribution >= 0.6 is 12.4 Å². The summed E-state index contributed by atoms with van der Waals surface area (Å²) in [6.07, 6.45) is 1.55. The molecule has 1 rings (SSSR count). The molecule has 0 fully saturated rings. The number of nitrogens with two attached hydrogens (primary N) is 1. The molecule has 0 spiro atoms. The molecule has 0 saturated carbocycles. The molecule has 1 atom stereocenters. The van der Waals surface area contributed by atoms with Gasteiger partial charge >= 0.3 is 0 Å². The number of benzene rings is 1. The summed E-state index contributed by atoms with van der Waals surface area (Å²) in [5, 5.41) is 2.87. The number of nitrogens with one attached hydrogen (secondary N) is 1. The van der Waals surface area contributed by atoms with E-state index in [1.54, 1.807) is 19.1 Å². The second-order valence-corrected chi connectivity index (χ2v) is 5.79. The molecule has 0 aliphatic heterocycles. The molecule has 22 heavy (non-hydrogen) atoms. The Morgan fingerprint density at radius 1 is 1.36 bits per heavy atom. The number of hydrogen-bond acceptors (Lipinski definition) is 3. The first-order valence-corrected chi connectivity index (χ1v) is 7.35. The fourth-order valence-electron chi connectivity index (χ4n) is 2.18. The summed E-state index contributed by atoms with van der Waals surface area (Å²) in [6.45, 7) is 5.74. The number of nitrogens with zero attached hydrogens (tertiary/aromatic N) is 1. The SMILES string of the molecule is CCCC(C)(N)C(=O)NCCN(C)Cc1ccc(F)cc1.Cl. The van der Waals surface area contributed by atoms with Gasteiger partial charge in [-0.25, -0.2) is 4.39 Å². The normalized spacial score (nSPS) is 13.4. The maximum Gasteiger partial charge on any atom is 0.239 e. The molecule has 4 nitrogen and oxygen atoms in total. The highest BCUT2D eigenvalue weighted by atomic mass is 35.5. The number of carbonyl (C=O) groups excluding carboxylic acids is 1. The van der Waals surface area contributed by atoms with Gasteiger partial charge in [-0.05, 0) is 38.1 Å². The van der Waals surface area contributed by atoms with Gasteiger partial charge in [0.05, 0.1) is 5.54 Å². The van der Waals surface area contributed by atoms with Crippen LogP contribution in [0.2, 0.25) is 0 Å². The summed E-state index contributed by atoms with van der Waals surface area (Å²) in [5.41, 5.74) is 6.20. The molecule has 1 unspecified atom stereocenters. The molecule has 0 aliphatic carbocycles. The van der Waals surface area contributed by atoms with Crippen molar-refractivity contribution in [3.05, 3.63) is 35.6 Å². The van der Waals surface area contributed by atoms with E-state index in [0.717, 1.165) is 12.0 Å². The zero-order chi connectivity index (χ0) is 15.9. The summed E-state index contributed by atoms with van der Waals surface area (Å²) in [5.74, 6) is -0.341. The van der Waals surface area contributed by atoms with Crippen molar-refractivity contribution >= 4 is 18.3 Å². The standard InChI is InChI=1S/C16H26FN3O.ClH/c1-4-9-16(2,18)15(21)19-10-11-20(3)12-13-5-7-14(17)8-6-13;/h5-8H,4,9-12,18H2,1-3H3,(H,19,21);1H. The molecule has 1 aromatic carbocycles. The fourth-order valence-corrected chi connectivity index (χ4v) is 2.18. The molecule has 3 N–H and O–H groups in total. The van der Waals surface area contributed by atoms with Crippen LogP contribution in [0.4, 0.5) is 4.39 Å². The van der Waals surface area contributed by atoms with Crippen LogP contribution in [0.15, 0.2) is 24.3 Å². The molecular weight excluding hydrogens is 305 g/mol. The van der Waals surface area contributed by atoms with Gasteiger partial charge in [0, 0.05) is 19.6 Å². The topological polar surface area (TPSA) is 58.4 Å². The zero-order valence-electron chi connectivity index (χ0n) is 13.6. The summed E-state index contributed by atoms with van der Waals surface area (Å²) in [4.78, 5) is 14.0. The third kappa shape index (κ3) is 7.20. The second-order valence-electron chi connectivity index (χ2n) is 5.79. The average molecular weight is 332 g/mol. The Hall–Kier alpha value is -1.17. The second kappa shape index (κ2) is 9.77. The highest BCUT2D eigenvalue weighted by Gasteiger charge is 2.26. The Balaban J connectivity index is 0.00000441. The van der Waals surface area contributed by atoms with Gasteiger partial charge in [0.2, 0.25) is 5.91 Å². The molecule has 0 bridgehead atoms. The van der Waals surface area contributed by atoms with Crippen molar-refractivity contribution in [1.82, 2.24) is 10.2 Å². The van der Waals surface area contributed by atoms with Crippen molar-refractivity contribution in [2.45, 2.75) is 38.8 Å². The average Bonchev–Trinajstić information content (AvgIpc) is 2.41. The minimum absolute atomic E-state index is 0. The number of halogens is 2. The first-order valence-electron chi connectivity index (χ1n) is 7.35. The van der Waals surface area contributed by atoms with Gasteiger partial charge in [0.15, 0.2) is 0 Å². The van der Waals surface area contributed by atoms with Crippen LogP contribution < -0.4 is 11.1 Å². The zero-order valence-corrected chi connectivity index (χ0v) is 14.4. The summed E-state index contributed by atoms with van der Waals surface area (Å²) in [6, 6.07) is 6.44. The lowest BCUT2D eigenvalue weighted by molar-refractivity contribution is -0.126. The van der Waals surface area contributed by atoms with Crippen LogP contribution in [-0.4, -0.2) is 36.5 Å². The van der Waals surface area contributed by atoms with E-state index < -0.39 is 5.54 Å². The number of amides is 1. The number of carbonyl (C=O) groups is 1. The molecular formula is C16H27ClFN3O. The van der Waals surface area contributed by atoms with Gasteiger partial charge in [-0.15, -0.1) is 12.4 Å². The Bertz CT molecular complexity index is 451. The molecule has 1 amide bonds. The van der Waals surface area contributed by atoms with Crippen LogP contribution in [0, 0.1) is 5.82 Å². The van der Waals surface area contributed by atoms with E-state index in [0.29, 0.717) is 26.1 Å². The molecule has 1 aromatic rings. The Kier molecular flexibility index (Phi) is 9.25. The van der Waals surface area contributed by atoms with Gasteiger partial charge in [0.1, 0.15) is 5.82 Å². The molecule has 126 valence electrons. The third-order valence-corrected chi connectivity index (χ3v) is 3.43. The van der Waals surface area contributed by atoms with Crippen molar-refractivity contribution in [3.8, 4) is 0 Å². The lowest BCUT2D eigenvalue weighted by Crippen LogP contribution is -2.52. The van der Waals surface area contributed by atoms with Crippen LogP contribution in [0.3, 0.4) is 0 Å². The first-order chi connectivity index (χ1) is 9.85. The lowest BCUT2D eigenvalue weighted by atomic mass is 9.97. The van der Waals surface area contributed by atoms with Crippen molar-refractivity contribution in [2.24, 2.45) is 5.73 Å². The largest absolute Gasteiger partial charge is 0.353 e. The van der Waals surface area contributed by atoms with Crippen LogP contribution in [-0.2, 0) is 11.3 Å². The minimum Gasteiger partial charge on any atom is -0.353 e. The van der Waals surface area contributed by atoms with Crippen molar-refractivity contribution in [2.75, 3.05) is 20.1 Å². The van der Waals surface area contributed by atoms with Crippen molar-refractivity contribution in [1.29, 1.82) is 0 Å². The quantitative estimate of drug-likeness (QED) is 0.768. The van der Waals surface area contributed by atoms with Crippen molar-refractivity contribution < 1.29 is 9.18 Å². The molecule has 0 heterocycles. The van der Waals surface area contributed by atoms with E-state index >= 15 is 0 Å². The first kappa shape index (κ1) is 20.8. The van der Waals surface area contributed by atoms with Crippen LogP contribution in [0.1, 0.15) is 32.3 Å². The Morgan fingerprint density at radius 2 is 1.95 bits per heavy atom. The number of rotatable bonds is 8. The Morgan fingerprint density at radius 3 is 2.50 bits per heavy atom. The predicted octanol–water partition coefficient (Wildman–Crippen LogP) is 2.31. The van der Waals surface area contributed by atoms with E-state index in [-0.39, 0.29) is 24.1 Å². The van der Waals surface area contributed by atoms with Gasteiger partial charge in [-0.1, -0.05) is 25.5 Å². The Labute approximate surface area is 138 Å². The van der Waals surface area contributed by atoms with Crippen LogP contribution in [0.25, 0.3) is 0 Å². The molecule has 0 aromatic heterocycles. The van der Waals surface area contributed by atoms with E-state index in [2.05, 4.69) is 10.2 Å². The third-order valence-electron chi connectivity index (χ3n) is 3.43. The molecule has 0 aliphatic rings. The maximum absolute atomic E-state index is 12.8. The van der Waals surface area contributed by atoms with Gasteiger partial charge in [-0.2, -0.15) is 0 Å². The summed E-state index contributed by atoms with van der Waals surface area (Å²) in [7, 11) is 1.96. The molecule has 0 radical (unpaired) electrons. The van der Waals surface area contributed by atoms with Gasteiger partial charge in [0.25, 0.3) is 0 Å². The van der Waals surface area contributed by atoms with E-state index in [4.69, 9.17) is 5.73 Å².